The molecule has 1 aromatic carbocycles. The predicted octanol–water partition coefficient (Wildman–Crippen LogP) is 3.02. The van der Waals surface area contributed by atoms with Gasteiger partial charge < -0.3 is 14.6 Å². The molecule has 2 rings (SSSR count). The highest BCUT2D eigenvalue weighted by atomic mass is 19.1. The maximum Gasteiger partial charge on any atom is 0.314 e. The van der Waals surface area contributed by atoms with Gasteiger partial charge in [-0.3, -0.25) is 4.79 Å². The molecule has 0 atom stereocenters. The van der Waals surface area contributed by atoms with Crippen molar-refractivity contribution in [3.05, 3.63) is 23.3 Å². The third kappa shape index (κ3) is 2.21. The van der Waals surface area contributed by atoms with Crippen LogP contribution in [-0.2, 0) is 15.9 Å². The molecule has 0 aliphatic heterocycles. The van der Waals surface area contributed by atoms with E-state index in [1.165, 1.54) is 28.1 Å². The summed E-state index contributed by atoms with van der Waals surface area (Å²) in [5.74, 6) is -0.113. The largest absolute Gasteiger partial charge is 0.496 e. The van der Waals surface area contributed by atoms with Crippen LogP contribution in [0.1, 0.15) is 37.8 Å². The molecule has 4 nitrogen and oxygen atoms in total. The predicted molar refractivity (Wildman–Crippen MR) is 72.2 cm³/mol. The zero-order valence-electron chi connectivity index (χ0n) is 12.1. The van der Waals surface area contributed by atoms with E-state index in [4.69, 9.17) is 9.47 Å². The van der Waals surface area contributed by atoms with E-state index in [-0.39, 0.29) is 0 Å². The highest BCUT2D eigenvalue weighted by Crippen LogP contribution is 2.53. The van der Waals surface area contributed by atoms with Crippen molar-refractivity contribution >= 4 is 5.97 Å². The fraction of sp³-hybridized carbons (Fsp3) is 0.533. The molecule has 0 saturated heterocycles. The van der Waals surface area contributed by atoms with Crippen molar-refractivity contribution in [2.75, 3.05) is 14.2 Å². The Morgan fingerprint density at radius 2 is 1.80 bits per heavy atom. The van der Waals surface area contributed by atoms with E-state index >= 15 is 0 Å². The molecule has 1 aliphatic carbocycles. The van der Waals surface area contributed by atoms with Crippen molar-refractivity contribution in [3.63, 3.8) is 0 Å². The van der Waals surface area contributed by atoms with Gasteiger partial charge in [-0.1, -0.05) is 0 Å². The second-order valence-electron chi connectivity index (χ2n) is 5.61. The van der Waals surface area contributed by atoms with Gasteiger partial charge in [-0.25, -0.2) is 4.39 Å². The summed E-state index contributed by atoms with van der Waals surface area (Å²) in [5.41, 5.74) is -1.71. The van der Waals surface area contributed by atoms with E-state index < -0.39 is 17.1 Å². The summed E-state index contributed by atoms with van der Waals surface area (Å²) in [6.45, 7) is 2.84. The first-order valence-corrected chi connectivity index (χ1v) is 6.45. The van der Waals surface area contributed by atoms with Gasteiger partial charge in [0.2, 0.25) is 0 Å². The van der Waals surface area contributed by atoms with Gasteiger partial charge in [0, 0.05) is 17.2 Å². The fourth-order valence-electron chi connectivity index (χ4n) is 2.46. The highest BCUT2D eigenvalue weighted by Gasteiger charge is 2.54. The molecule has 0 bridgehead atoms. The summed E-state index contributed by atoms with van der Waals surface area (Å²) in [5, 5.41) is 9.42. The molecule has 0 heterocycles. The first-order valence-electron chi connectivity index (χ1n) is 6.45. The van der Waals surface area contributed by atoms with Crippen molar-refractivity contribution in [2.24, 2.45) is 0 Å². The van der Waals surface area contributed by atoms with Crippen LogP contribution in [0.5, 0.6) is 11.5 Å². The number of rotatable bonds is 5. The van der Waals surface area contributed by atoms with Crippen molar-refractivity contribution in [1.29, 1.82) is 0 Å². The molecule has 20 heavy (non-hydrogen) atoms. The minimum atomic E-state index is -1.62. The van der Waals surface area contributed by atoms with Gasteiger partial charge in [0.15, 0.2) is 0 Å². The first-order chi connectivity index (χ1) is 9.26. The molecular weight excluding hydrogens is 263 g/mol. The lowest BCUT2D eigenvalue weighted by atomic mass is 9.89. The number of benzene rings is 1. The monoisotopic (exact) mass is 282 g/mol. The molecule has 0 unspecified atom stereocenters. The average Bonchev–Trinajstić information content (AvgIpc) is 3.17. The third-order valence-corrected chi connectivity index (χ3v) is 3.84. The number of aliphatic carboxylic acids is 1. The lowest BCUT2D eigenvalue weighted by Crippen LogP contribution is -2.22. The molecular formula is C15H19FO4. The lowest BCUT2D eigenvalue weighted by molar-refractivity contribution is -0.140. The van der Waals surface area contributed by atoms with E-state index in [9.17, 15) is 14.3 Å². The Bertz CT molecular complexity index is 542. The van der Waals surface area contributed by atoms with Crippen LogP contribution in [0.15, 0.2) is 12.1 Å². The summed E-state index contributed by atoms with van der Waals surface area (Å²) in [6, 6.07) is 3.13. The topological polar surface area (TPSA) is 55.8 Å². The van der Waals surface area contributed by atoms with Crippen LogP contribution < -0.4 is 9.47 Å². The Balaban J connectivity index is 2.66. The van der Waals surface area contributed by atoms with Crippen LogP contribution in [-0.4, -0.2) is 25.3 Å². The van der Waals surface area contributed by atoms with Crippen LogP contribution in [0.4, 0.5) is 4.39 Å². The summed E-state index contributed by atoms with van der Waals surface area (Å²) in [4.78, 5) is 11.5. The first kappa shape index (κ1) is 14.6. The molecule has 0 amide bonds. The van der Waals surface area contributed by atoms with Crippen LogP contribution >= 0.6 is 0 Å². The molecule has 1 N–H and O–H groups in total. The molecule has 1 aromatic rings. The van der Waals surface area contributed by atoms with Gasteiger partial charge in [-0.05, 0) is 32.8 Å². The maximum atomic E-state index is 14.3. The molecule has 1 aliphatic rings. The van der Waals surface area contributed by atoms with Crippen LogP contribution in [0.25, 0.3) is 0 Å². The molecule has 1 saturated carbocycles. The summed E-state index contributed by atoms with van der Waals surface area (Å²) >= 11 is 0. The molecule has 1 fully saturated rings. The number of hydrogen-bond acceptors (Lipinski definition) is 3. The maximum absolute atomic E-state index is 14.3. The van der Waals surface area contributed by atoms with E-state index in [1.807, 2.05) is 0 Å². The number of methoxy groups -OCH3 is 2. The van der Waals surface area contributed by atoms with Crippen LogP contribution in [0.2, 0.25) is 0 Å². The highest BCUT2D eigenvalue weighted by molar-refractivity contribution is 5.86. The van der Waals surface area contributed by atoms with Crippen molar-refractivity contribution < 1.29 is 23.8 Å². The number of alkyl halides is 1. The van der Waals surface area contributed by atoms with Crippen molar-refractivity contribution in [2.45, 2.75) is 37.8 Å². The smallest absolute Gasteiger partial charge is 0.314 e. The summed E-state index contributed by atoms with van der Waals surface area (Å²) < 4.78 is 24.8. The summed E-state index contributed by atoms with van der Waals surface area (Å²) in [7, 11) is 2.92. The zero-order chi connectivity index (χ0) is 15.1. The normalized spacial score (nSPS) is 16.6. The van der Waals surface area contributed by atoms with Crippen molar-refractivity contribution in [3.8, 4) is 11.5 Å². The van der Waals surface area contributed by atoms with Crippen LogP contribution in [0, 0.1) is 0 Å². The molecule has 0 spiro atoms. The lowest BCUT2D eigenvalue weighted by Gasteiger charge is -2.23. The number of halogens is 1. The Labute approximate surface area is 117 Å². The minimum Gasteiger partial charge on any atom is -0.496 e. The van der Waals surface area contributed by atoms with Gasteiger partial charge in [-0.2, -0.15) is 0 Å². The SMILES string of the molecule is COc1cc(OC)c(C2(C(=O)O)CC2)cc1C(C)(C)F. The van der Waals surface area contributed by atoms with E-state index in [0.29, 0.717) is 35.5 Å². The Kier molecular flexibility index (Phi) is 3.40. The molecule has 0 radical (unpaired) electrons. The molecule has 0 aromatic heterocycles. The molecule has 110 valence electrons. The number of ether oxygens (including phenoxy) is 2. The van der Waals surface area contributed by atoms with Crippen molar-refractivity contribution in [1.82, 2.24) is 0 Å². The van der Waals surface area contributed by atoms with E-state index in [2.05, 4.69) is 0 Å². The number of carboxylic acid groups (broad SMARTS) is 1. The summed E-state index contributed by atoms with van der Waals surface area (Å²) in [6.07, 6.45) is 1.08. The number of carboxylic acids is 1. The van der Waals surface area contributed by atoms with Gasteiger partial charge in [0.05, 0.1) is 19.6 Å². The Morgan fingerprint density at radius 3 is 2.15 bits per heavy atom. The number of hydrogen-bond donors (Lipinski definition) is 1. The quantitative estimate of drug-likeness (QED) is 0.902. The minimum absolute atomic E-state index is 0.336. The van der Waals surface area contributed by atoms with Gasteiger partial charge in [0.25, 0.3) is 0 Å². The van der Waals surface area contributed by atoms with Gasteiger partial charge >= 0.3 is 5.97 Å². The van der Waals surface area contributed by atoms with Gasteiger partial charge in [0.1, 0.15) is 17.2 Å². The van der Waals surface area contributed by atoms with E-state index in [1.54, 1.807) is 12.1 Å². The van der Waals surface area contributed by atoms with Crippen LogP contribution in [0.3, 0.4) is 0 Å². The second-order valence-corrected chi connectivity index (χ2v) is 5.61. The average molecular weight is 282 g/mol. The molecule has 5 heteroatoms. The number of carbonyl (C=O) groups is 1. The Morgan fingerprint density at radius 1 is 1.25 bits per heavy atom. The fourth-order valence-corrected chi connectivity index (χ4v) is 2.46. The standard InChI is InChI=1S/C15H19FO4/c1-14(2,16)9-7-10(15(5-6-15)13(17)18)12(20-4)8-11(9)19-3/h7-8H,5-6H2,1-4H3,(H,17,18). The van der Waals surface area contributed by atoms with Gasteiger partial charge in [-0.15, -0.1) is 0 Å². The second kappa shape index (κ2) is 4.65. The van der Waals surface area contributed by atoms with E-state index in [0.717, 1.165) is 0 Å². The zero-order valence-corrected chi connectivity index (χ0v) is 12.1. The third-order valence-electron chi connectivity index (χ3n) is 3.84. The Hall–Kier alpha value is -1.78.